The number of carbonyl (C=O) groups is 3. The molecule has 5 nitrogen and oxygen atoms in total. The average Bonchev–Trinajstić information content (AvgIpc) is 1.82. The summed E-state index contributed by atoms with van der Waals surface area (Å²) >= 11 is 0. The Morgan fingerprint density at radius 3 is 1.58 bits per heavy atom. The van der Waals surface area contributed by atoms with Crippen molar-refractivity contribution >= 4 is 17.7 Å². The molecule has 0 rings (SSSR count). The third-order valence-electron chi connectivity index (χ3n) is 0.585. The fourth-order valence-corrected chi connectivity index (χ4v) is 0.230. The van der Waals surface area contributed by atoms with E-state index >= 15 is 0 Å². The maximum atomic E-state index is 9.86. The number of aliphatic carboxylic acids is 1. The molecule has 0 aromatic rings. The first-order valence-electron chi connectivity index (χ1n) is 3.33. The van der Waals surface area contributed by atoms with Gasteiger partial charge in [-0.3, -0.25) is 9.59 Å². The van der Waals surface area contributed by atoms with Gasteiger partial charge in [-0.15, -0.1) is 0 Å². The molecule has 0 saturated carbocycles. The Labute approximate surface area is 70.6 Å². The van der Waals surface area contributed by atoms with E-state index in [4.69, 9.17) is 5.11 Å². The molecule has 0 aromatic heterocycles. The minimum Gasteiger partial charge on any atom is -0.481 e. The van der Waals surface area contributed by atoms with Gasteiger partial charge in [0.15, 0.2) is 0 Å². The summed E-state index contributed by atoms with van der Waals surface area (Å²) in [5.74, 6) is -1.41. The highest BCUT2D eigenvalue weighted by molar-refractivity contribution is 5.79. The molecule has 0 bridgehead atoms. The molecule has 3 N–H and O–H groups in total. The number of hydrogen-bond donors (Lipinski definition) is 2. The van der Waals surface area contributed by atoms with E-state index in [1.54, 1.807) is 0 Å². The molecule has 0 radical (unpaired) electrons. The number of nitrogens with two attached hydrogens (primary N) is 1. The molecule has 0 spiro atoms. The van der Waals surface area contributed by atoms with E-state index in [2.05, 4.69) is 5.73 Å². The summed E-state index contributed by atoms with van der Waals surface area (Å²) in [6.07, 6.45) is -0.245. The first-order valence-corrected chi connectivity index (χ1v) is 3.33. The van der Waals surface area contributed by atoms with Crippen LogP contribution in [0.3, 0.4) is 0 Å². The molecule has 0 aromatic carbocycles. The van der Waals surface area contributed by atoms with Crippen LogP contribution in [0.4, 0.5) is 0 Å². The summed E-state index contributed by atoms with van der Waals surface area (Å²) in [5.41, 5.74) is 4.64. The summed E-state index contributed by atoms with van der Waals surface area (Å²) in [5, 5.41) is 7.95. The lowest BCUT2D eigenvalue weighted by Gasteiger charge is -1.86. The van der Waals surface area contributed by atoms with Gasteiger partial charge in [-0.1, -0.05) is 0 Å². The molecule has 0 fully saturated rings. The molecule has 70 valence electrons. The van der Waals surface area contributed by atoms with Crippen LogP contribution < -0.4 is 5.73 Å². The summed E-state index contributed by atoms with van der Waals surface area (Å²) < 4.78 is 0. The average molecular weight is 175 g/mol. The molecule has 0 heterocycles. The van der Waals surface area contributed by atoms with Gasteiger partial charge in [0.1, 0.15) is 5.78 Å². The Morgan fingerprint density at radius 2 is 1.50 bits per heavy atom. The van der Waals surface area contributed by atoms with Crippen LogP contribution in [-0.4, -0.2) is 22.8 Å². The zero-order valence-corrected chi connectivity index (χ0v) is 7.16. The monoisotopic (exact) mass is 175 g/mol. The van der Waals surface area contributed by atoms with Crippen molar-refractivity contribution in [3.05, 3.63) is 0 Å². The summed E-state index contributed by atoms with van der Waals surface area (Å²) in [6, 6.07) is 0. The fraction of sp³-hybridized carbons (Fsp3) is 0.571. The molecule has 12 heavy (non-hydrogen) atoms. The molecule has 0 aliphatic carbocycles. The van der Waals surface area contributed by atoms with Gasteiger partial charge in [0.2, 0.25) is 5.91 Å². The molecule has 1 amide bonds. The minimum atomic E-state index is -0.996. The standard InChI is InChI=1S/C4H7NO3.C3H6O/c5-3(6)1-2-4(7)8;1-3(2)4/h1-2H2,(H2,5,6)(H,7,8);1-2H3. The Kier molecular flexibility index (Phi) is 8.50. The van der Waals surface area contributed by atoms with Gasteiger partial charge in [0.25, 0.3) is 0 Å². The van der Waals surface area contributed by atoms with Crippen LogP contribution >= 0.6 is 0 Å². The number of carboxylic acid groups (broad SMARTS) is 1. The number of primary amides is 1. The number of carboxylic acids is 1. The number of hydrogen-bond acceptors (Lipinski definition) is 3. The summed E-state index contributed by atoms with van der Waals surface area (Å²) in [6.45, 7) is 3.06. The molecular formula is C7H13NO4. The van der Waals surface area contributed by atoms with E-state index in [-0.39, 0.29) is 18.6 Å². The van der Waals surface area contributed by atoms with Crippen molar-refractivity contribution in [1.29, 1.82) is 0 Å². The third-order valence-corrected chi connectivity index (χ3v) is 0.585. The predicted molar refractivity (Wildman–Crippen MR) is 42.4 cm³/mol. The molecule has 0 unspecified atom stereocenters. The number of Topliss-reactive ketones (excluding diaryl/α,β-unsaturated/α-hetero) is 1. The van der Waals surface area contributed by atoms with E-state index in [0.29, 0.717) is 0 Å². The van der Waals surface area contributed by atoms with Gasteiger partial charge < -0.3 is 15.6 Å². The molecule has 0 saturated heterocycles. The number of carbonyl (C=O) groups excluding carboxylic acids is 2. The van der Waals surface area contributed by atoms with Crippen LogP contribution in [0.5, 0.6) is 0 Å². The first-order chi connectivity index (χ1) is 5.36. The van der Waals surface area contributed by atoms with Gasteiger partial charge >= 0.3 is 5.97 Å². The van der Waals surface area contributed by atoms with Gasteiger partial charge in [-0.2, -0.15) is 0 Å². The van der Waals surface area contributed by atoms with Crippen LogP contribution in [0.2, 0.25) is 0 Å². The zero-order chi connectivity index (χ0) is 10.1. The summed E-state index contributed by atoms with van der Waals surface area (Å²) in [7, 11) is 0. The minimum absolute atomic E-state index is 0.0741. The van der Waals surface area contributed by atoms with E-state index in [1.807, 2.05) is 0 Å². The number of ketones is 1. The molecule has 0 aliphatic heterocycles. The largest absolute Gasteiger partial charge is 0.481 e. The predicted octanol–water partition coefficient (Wildman–Crippen LogP) is -0.0682. The van der Waals surface area contributed by atoms with E-state index in [9.17, 15) is 14.4 Å². The van der Waals surface area contributed by atoms with Crippen LogP contribution in [0.1, 0.15) is 26.7 Å². The number of rotatable bonds is 3. The third kappa shape index (κ3) is 38.3. The highest BCUT2D eigenvalue weighted by Crippen LogP contribution is 1.84. The van der Waals surface area contributed by atoms with Crippen molar-refractivity contribution in [3.63, 3.8) is 0 Å². The Morgan fingerprint density at radius 1 is 1.17 bits per heavy atom. The zero-order valence-electron chi connectivity index (χ0n) is 7.16. The van der Waals surface area contributed by atoms with Gasteiger partial charge in [0, 0.05) is 6.42 Å². The number of amides is 1. The molecule has 0 aliphatic rings. The highest BCUT2D eigenvalue weighted by atomic mass is 16.4. The van der Waals surface area contributed by atoms with Crippen LogP contribution in [0.15, 0.2) is 0 Å². The second-order valence-corrected chi connectivity index (χ2v) is 2.27. The smallest absolute Gasteiger partial charge is 0.303 e. The quantitative estimate of drug-likeness (QED) is 0.627. The van der Waals surface area contributed by atoms with E-state index in [0.717, 1.165) is 0 Å². The molecule has 0 atom stereocenters. The second-order valence-electron chi connectivity index (χ2n) is 2.27. The van der Waals surface area contributed by atoms with E-state index < -0.39 is 11.9 Å². The lowest BCUT2D eigenvalue weighted by atomic mass is 10.3. The van der Waals surface area contributed by atoms with Gasteiger partial charge in [-0.05, 0) is 13.8 Å². The summed E-state index contributed by atoms with van der Waals surface area (Å²) in [4.78, 5) is 29.0. The lowest BCUT2D eigenvalue weighted by Crippen LogP contribution is -2.12. The van der Waals surface area contributed by atoms with Crippen LogP contribution in [0, 0.1) is 0 Å². The molecular weight excluding hydrogens is 162 g/mol. The Bertz CT molecular complexity index is 158. The van der Waals surface area contributed by atoms with Crippen molar-refractivity contribution < 1.29 is 19.5 Å². The van der Waals surface area contributed by atoms with Crippen molar-refractivity contribution in [1.82, 2.24) is 0 Å². The van der Waals surface area contributed by atoms with Gasteiger partial charge in [-0.25, -0.2) is 0 Å². The topological polar surface area (TPSA) is 97.5 Å². The Hall–Kier alpha value is -1.39. The SMILES string of the molecule is CC(C)=O.NC(=O)CCC(=O)O. The maximum absolute atomic E-state index is 9.86. The van der Waals surface area contributed by atoms with Gasteiger partial charge in [0.05, 0.1) is 6.42 Å². The van der Waals surface area contributed by atoms with Crippen LogP contribution in [0.25, 0.3) is 0 Å². The fourth-order valence-electron chi connectivity index (χ4n) is 0.230. The second kappa shape index (κ2) is 7.71. The lowest BCUT2D eigenvalue weighted by molar-refractivity contribution is -0.138. The molecule has 5 heteroatoms. The van der Waals surface area contributed by atoms with Crippen molar-refractivity contribution in [2.45, 2.75) is 26.7 Å². The van der Waals surface area contributed by atoms with Crippen molar-refractivity contribution in [2.24, 2.45) is 5.73 Å². The highest BCUT2D eigenvalue weighted by Gasteiger charge is 1.98. The normalized spacial score (nSPS) is 7.83. The Balaban J connectivity index is 0. The van der Waals surface area contributed by atoms with Crippen molar-refractivity contribution in [3.8, 4) is 0 Å². The van der Waals surface area contributed by atoms with E-state index in [1.165, 1.54) is 13.8 Å². The van der Waals surface area contributed by atoms with Crippen molar-refractivity contribution in [2.75, 3.05) is 0 Å². The van der Waals surface area contributed by atoms with Crippen LogP contribution in [-0.2, 0) is 14.4 Å². The maximum Gasteiger partial charge on any atom is 0.303 e. The first kappa shape index (κ1) is 13.2.